The van der Waals surface area contributed by atoms with Gasteiger partial charge >= 0.3 is 0 Å². The summed E-state index contributed by atoms with van der Waals surface area (Å²) in [5, 5.41) is 2.14. The van der Waals surface area contributed by atoms with Crippen molar-refractivity contribution in [3.05, 3.63) is 119 Å². The minimum Gasteiger partial charge on any atom is -0.326 e. The fraction of sp³-hybridized carbons (Fsp3) is 0.0385. The molecule has 0 unspecified atom stereocenters. The van der Waals surface area contributed by atoms with Gasteiger partial charge in [-0.1, -0.05) is 97.1 Å². The largest absolute Gasteiger partial charge is 0.326 e. The highest BCUT2D eigenvalue weighted by atomic mass is 16.1. The van der Waals surface area contributed by atoms with Crippen LogP contribution in [0.15, 0.2) is 97.1 Å². The van der Waals surface area contributed by atoms with Crippen molar-refractivity contribution in [3.8, 4) is 0 Å². The number of hydrogen-bond donors (Lipinski definition) is 1. The van der Waals surface area contributed by atoms with Gasteiger partial charge < -0.3 is 5.73 Å². The highest BCUT2D eigenvalue weighted by molar-refractivity contribution is 5.97. The molecular weight excluding hydrogens is 374 g/mol. The van der Waals surface area contributed by atoms with Crippen molar-refractivity contribution >= 4 is 29.6 Å². The Balaban J connectivity index is 0.000000164. The van der Waals surface area contributed by atoms with Crippen LogP contribution < -0.4 is 5.73 Å². The minimum atomic E-state index is 0.426. The average molecular weight is 396 g/mol. The van der Waals surface area contributed by atoms with Crippen LogP contribution in [0.2, 0.25) is 0 Å². The zero-order valence-electron chi connectivity index (χ0n) is 16.4. The molecule has 4 aromatic carbocycles. The Morgan fingerprint density at radius 3 is 1.83 bits per heavy atom. The molecule has 2 N–H and O–H groups in total. The first-order valence-corrected chi connectivity index (χ1v) is 9.32. The van der Waals surface area contributed by atoms with Crippen LogP contribution in [0.25, 0.3) is 10.8 Å². The Kier molecular flexibility index (Phi) is 9.37. The summed E-state index contributed by atoms with van der Waals surface area (Å²) in [7, 11) is 0. The van der Waals surface area contributed by atoms with Gasteiger partial charge in [0.2, 0.25) is 6.29 Å². The highest BCUT2D eigenvalue weighted by Gasteiger charge is 1.96. The Bertz CT molecular complexity index is 1090. The lowest BCUT2D eigenvalue weighted by Gasteiger charge is -1.98. The number of fused-ring (bicyclic) bond motifs is 1. The molecule has 4 heteroatoms. The number of carbonyl (C=O) groups is 2. The van der Waals surface area contributed by atoms with Gasteiger partial charge in [-0.15, -0.1) is 0 Å². The third-order valence-corrected chi connectivity index (χ3v) is 4.24. The number of hydrogen-bond acceptors (Lipinski definition) is 4. The van der Waals surface area contributed by atoms with Gasteiger partial charge in [0.25, 0.3) is 0 Å². The van der Waals surface area contributed by atoms with Crippen LogP contribution in [0.5, 0.6) is 0 Å². The molecule has 0 saturated heterocycles. The maximum atomic E-state index is 10.6. The molecule has 0 fully saturated rings. The molecule has 0 heterocycles. The van der Waals surface area contributed by atoms with Gasteiger partial charge in [0.1, 0.15) is 6.29 Å². The number of aldehydes is 2. The van der Waals surface area contributed by atoms with Gasteiger partial charge in [-0.05, 0) is 16.3 Å². The number of rotatable bonds is 4. The van der Waals surface area contributed by atoms with Gasteiger partial charge in [-0.25, -0.2) is 0 Å². The van der Waals surface area contributed by atoms with E-state index in [4.69, 9.17) is 5.73 Å². The van der Waals surface area contributed by atoms with Gasteiger partial charge in [0.15, 0.2) is 6.29 Å². The zero-order chi connectivity index (χ0) is 21.6. The summed E-state index contributed by atoms with van der Waals surface area (Å²) in [6.45, 7) is 0.426. The molecule has 30 heavy (non-hydrogen) atoms. The van der Waals surface area contributed by atoms with E-state index in [2.05, 4.69) is 0 Å². The smallest absolute Gasteiger partial charge is 0.233 e. The van der Waals surface area contributed by atoms with Crippen molar-refractivity contribution in [2.45, 2.75) is 6.54 Å². The summed E-state index contributed by atoms with van der Waals surface area (Å²) in [6.07, 6.45) is 3.49. The molecular formula is C26H22NO3. The fourth-order valence-electron chi connectivity index (χ4n) is 2.69. The van der Waals surface area contributed by atoms with Gasteiger partial charge in [0, 0.05) is 23.2 Å². The van der Waals surface area contributed by atoms with Crippen molar-refractivity contribution in [2.75, 3.05) is 0 Å². The van der Waals surface area contributed by atoms with E-state index in [1.165, 1.54) is 0 Å². The molecule has 0 aliphatic carbocycles. The third-order valence-electron chi connectivity index (χ3n) is 4.24. The lowest BCUT2D eigenvalue weighted by atomic mass is 10.1. The van der Waals surface area contributed by atoms with Crippen molar-refractivity contribution in [3.63, 3.8) is 0 Å². The van der Waals surface area contributed by atoms with Crippen LogP contribution in [-0.2, 0) is 11.3 Å². The molecule has 0 atom stereocenters. The Morgan fingerprint density at radius 1 is 0.667 bits per heavy atom. The molecule has 0 amide bonds. The maximum absolute atomic E-state index is 10.6. The van der Waals surface area contributed by atoms with Crippen LogP contribution >= 0.6 is 0 Å². The first kappa shape index (κ1) is 22.4. The summed E-state index contributed by atoms with van der Waals surface area (Å²) in [5.41, 5.74) is 8.31. The van der Waals surface area contributed by atoms with Crippen molar-refractivity contribution in [2.24, 2.45) is 5.73 Å². The molecule has 4 nitrogen and oxygen atoms in total. The molecule has 0 spiro atoms. The summed E-state index contributed by atoms with van der Waals surface area (Å²) in [5.74, 6) is 0. The van der Waals surface area contributed by atoms with E-state index in [9.17, 15) is 14.4 Å². The van der Waals surface area contributed by atoms with Crippen LogP contribution in [0.1, 0.15) is 31.8 Å². The van der Waals surface area contributed by atoms with Crippen LogP contribution in [0.4, 0.5) is 0 Å². The molecule has 0 saturated carbocycles. The average Bonchev–Trinajstić information content (AvgIpc) is 2.84. The molecule has 0 aliphatic heterocycles. The van der Waals surface area contributed by atoms with E-state index >= 15 is 0 Å². The molecule has 149 valence electrons. The third kappa shape index (κ3) is 6.62. The molecule has 0 aromatic heterocycles. The summed E-state index contributed by atoms with van der Waals surface area (Å²) in [6, 6.07) is 29.8. The highest BCUT2D eigenvalue weighted by Crippen LogP contribution is 2.16. The second-order valence-corrected chi connectivity index (χ2v) is 6.18. The van der Waals surface area contributed by atoms with E-state index < -0.39 is 0 Å². The second-order valence-electron chi connectivity index (χ2n) is 6.18. The molecule has 4 rings (SSSR count). The second kappa shape index (κ2) is 12.5. The Hall–Kier alpha value is -3.89. The van der Waals surface area contributed by atoms with E-state index in [1.54, 1.807) is 36.6 Å². The van der Waals surface area contributed by atoms with E-state index in [1.807, 2.05) is 66.7 Å². The molecule has 0 bridgehead atoms. The van der Waals surface area contributed by atoms with Gasteiger partial charge in [0.05, 0.1) is 0 Å². The molecule has 0 aliphatic rings. The first-order chi connectivity index (χ1) is 14.7. The van der Waals surface area contributed by atoms with E-state index in [0.29, 0.717) is 17.7 Å². The standard InChI is InChI=1S/C11H8O.C8H9NO.C7H5O/c12-8-10-6-3-5-9-4-1-2-7-11(9)10;9-5-7-3-1-2-4-8(7)6-10;8-6-7-4-2-1-3-5-7/h1-8H;1-4,6H,5,9H2;1-5H. The SMILES string of the molecule is NCc1ccccc1C=O.O=Cc1cccc2ccccc12.O=[C]c1ccccc1. The molecule has 4 aromatic rings. The lowest BCUT2D eigenvalue weighted by Crippen LogP contribution is -1.99. The van der Waals surface area contributed by atoms with Crippen LogP contribution in [-0.4, -0.2) is 18.9 Å². The number of carbonyl (C=O) groups excluding carboxylic acids is 3. The number of benzene rings is 4. The fourth-order valence-corrected chi connectivity index (χ4v) is 2.69. The number of nitrogens with two attached hydrogens (primary N) is 1. The van der Waals surface area contributed by atoms with E-state index in [0.717, 1.165) is 34.5 Å². The van der Waals surface area contributed by atoms with Crippen molar-refractivity contribution in [1.29, 1.82) is 0 Å². The topological polar surface area (TPSA) is 77.2 Å². The van der Waals surface area contributed by atoms with Gasteiger partial charge in [-0.3, -0.25) is 14.4 Å². The normalized spacial score (nSPS) is 9.37. The van der Waals surface area contributed by atoms with Crippen molar-refractivity contribution < 1.29 is 14.4 Å². The van der Waals surface area contributed by atoms with Crippen molar-refractivity contribution in [1.82, 2.24) is 0 Å². The summed E-state index contributed by atoms with van der Waals surface area (Å²) in [4.78, 5) is 30.8. The minimum absolute atomic E-state index is 0.426. The van der Waals surface area contributed by atoms with E-state index in [-0.39, 0.29) is 0 Å². The predicted octanol–water partition coefficient (Wildman–Crippen LogP) is 4.75. The van der Waals surface area contributed by atoms with Crippen LogP contribution in [0, 0.1) is 0 Å². The maximum Gasteiger partial charge on any atom is 0.233 e. The summed E-state index contributed by atoms with van der Waals surface area (Å²) >= 11 is 0. The Labute approximate surface area is 176 Å². The summed E-state index contributed by atoms with van der Waals surface area (Å²) < 4.78 is 0. The van der Waals surface area contributed by atoms with Crippen LogP contribution in [0.3, 0.4) is 0 Å². The lowest BCUT2D eigenvalue weighted by molar-refractivity contribution is 0.111. The first-order valence-electron chi connectivity index (χ1n) is 9.32. The molecule has 1 radical (unpaired) electrons. The quantitative estimate of drug-likeness (QED) is 0.505. The zero-order valence-corrected chi connectivity index (χ0v) is 16.4. The predicted molar refractivity (Wildman–Crippen MR) is 120 cm³/mol. The Morgan fingerprint density at radius 2 is 1.23 bits per heavy atom. The monoisotopic (exact) mass is 396 g/mol. The van der Waals surface area contributed by atoms with Gasteiger partial charge in [-0.2, -0.15) is 0 Å².